The molecule has 110 valence electrons. The average Bonchev–Trinajstić information content (AvgIpc) is 2.45. The highest BCUT2D eigenvalue weighted by Crippen LogP contribution is 2.53. The van der Waals surface area contributed by atoms with Crippen molar-refractivity contribution in [2.45, 2.75) is 32.6 Å². The van der Waals surface area contributed by atoms with E-state index in [1.165, 1.54) is 0 Å². The molecule has 0 radical (unpaired) electrons. The van der Waals surface area contributed by atoms with Crippen LogP contribution in [0.5, 0.6) is 0 Å². The second-order valence-corrected chi connectivity index (χ2v) is 6.34. The number of nitrogens with one attached hydrogen (secondary N) is 1. The van der Waals surface area contributed by atoms with Gasteiger partial charge in [-0.2, -0.15) is 5.26 Å². The molecule has 5 nitrogen and oxygen atoms in total. The monoisotopic (exact) mass is 296 g/mol. The van der Waals surface area contributed by atoms with Gasteiger partial charge in [-0.15, -0.1) is 0 Å². The summed E-state index contributed by atoms with van der Waals surface area (Å²) in [5, 5.41) is 12.0. The van der Waals surface area contributed by atoms with Crippen LogP contribution in [0.1, 0.15) is 25.8 Å². The average molecular weight is 296 g/mol. The van der Waals surface area contributed by atoms with E-state index in [1.807, 2.05) is 36.4 Å². The summed E-state index contributed by atoms with van der Waals surface area (Å²) >= 11 is 0. The molecule has 0 saturated carbocycles. The predicted molar refractivity (Wildman–Crippen MR) is 78.2 cm³/mol. The lowest BCUT2D eigenvalue weighted by molar-refractivity contribution is 0.207. The Morgan fingerprint density at radius 2 is 1.85 bits per heavy atom. The van der Waals surface area contributed by atoms with Crippen LogP contribution in [0.3, 0.4) is 0 Å². The van der Waals surface area contributed by atoms with Crippen LogP contribution in [0.2, 0.25) is 0 Å². The van der Waals surface area contributed by atoms with E-state index in [-0.39, 0.29) is 19.6 Å². The Bertz CT molecular complexity index is 463. The van der Waals surface area contributed by atoms with Gasteiger partial charge in [-0.3, -0.25) is 9.88 Å². The zero-order valence-corrected chi connectivity index (χ0v) is 12.8. The van der Waals surface area contributed by atoms with Gasteiger partial charge in [0.15, 0.2) is 0 Å². The highest BCUT2D eigenvalue weighted by Gasteiger charge is 2.35. The van der Waals surface area contributed by atoms with Crippen molar-refractivity contribution in [2.75, 3.05) is 13.2 Å². The van der Waals surface area contributed by atoms with Gasteiger partial charge in [0, 0.05) is 6.54 Å². The molecule has 0 fully saturated rings. The van der Waals surface area contributed by atoms with Crippen molar-refractivity contribution in [3.8, 4) is 6.07 Å². The largest absolute Gasteiger partial charge is 0.348 e. The van der Waals surface area contributed by atoms with Gasteiger partial charge in [-0.05, 0) is 19.4 Å². The lowest BCUT2D eigenvalue weighted by atomic mass is 10.2. The van der Waals surface area contributed by atoms with Crippen molar-refractivity contribution in [2.24, 2.45) is 0 Å². The summed E-state index contributed by atoms with van der Waals surface area (Å²) in [5.74, 6) is -0.618. The summed E-state index contributed by atoms with van der Waals surface area (Å²) < 4.78 is 23.3. The Morgan fingerprint density at radius 3 is 2.35 bits per heavy atom. The van der Waals surface area contributed by atoms with E-state index in [9.17, 15) is 4.57 Å². The van der Waals surface area contributed by atoms with Crippen LogP contribution in [0.25, 0.3) is 0 Å². The molecule has 0 aliphatic heterocycles. The number of nitriles is 1. The Labute approximate surface area is 120 Å². The van der Waals surface area contributed by atoms with Gasteiger partial charge in [0.25, 0.3) is 0 Å². The van der Waals surface area contributed by atoms with Crippen molar-refractivity contribution < 1.29 is 13.6 Å². The van der Waals surface area contributed by atoms with Gasteiger partial charge in [0.1, 0.15) is 5.78 Å². The van der Waals surface area contributed by atoms with Crippen LogP contribution >= 0.6 is 7.60 Å². The Hall–Kier alpha value is -1.18. The Kier molecular flexibility index (Phi) is 7.50. The SMILES string of the molecule is CCOP(=O)(OCC)[C@H](CC#N)NCc1ccccc1. The zero-order chi connectivity index (χ0) is 14.8. The molecule has 0 aliphatic carbocycles. The van der Waals surface area contributed by atoms with Crippen LogP contribution in [-0.2, 0) is 20.2 Å². The molecule has 0 amide bonds. The number of benzene rings is 1. The van der Waals surface area contributed by atoms with Crippen molar-refractivity contribution in [3.63, 3.8) is 0 Å². The molecule has 1 N–H and O–H groups in total. The third-order valence-electron chi connectivity index (χ3n) is 2.67. The normalized spacial score (nSPS) is 12.8. The quantitative estimate of drug-likeness (QED) is 0.708. The zero-order valence-electron chi connectivity index (χ0n) is 11.9. The maximum atomic E-state index is 12.7. The molecule has 1 aromatic rings. The molecule has 0 saturated heterocycles. The number of rotatable bonds is 9. The van der Waals surface area contributed by atoms with Gasteiger partial charge in [-0.1, -0.05) is 30.3 Å². The minimum absolute atomic E-state index is 0.0735. The third kappa shape index (κ3) is 5.07. The molecule has 0 bridgehead atoms. The molecule has 1 aromatic carbocycles. The van der Waals surface area contributed by atoms with Crippen LogP contribution in [0.15, 0.2) is 30.3 Å². The molecule has 1 atom stereocenters. The van der Waals surface area contributed by atoms with Crippen LogP contribution < -0.4 is 5.32 Å². The standard InChI is InChI=1S/C14H21N2O3P/c1-3-18-20(17,19-4-2)14(10-11-15)16-12-13-8-6-5-7-9-13/h5-9,14,16H,3-4,10,12H2,1-2H3/t14-/m1/s1. The highest BCUT2D eigenvalue weighted by atomic mass is 31.2. The molecule has 0 spiro atoms. The van der Waals surface area contributed by atoms with Gasteiger partial charge in [0.2, 0.25) is 0 Å². The van der Waals surface area contributed by atoms with Crippen molar-refractivity contribution >= 4 is 7.60 Å². The summed E-state index contributed by atoms with van der Waals surface area (Å²) in [6.45, 7) is 4.59. The van der Waals surface area contributed by atoms with Crippen LogP contribution in [0.4, 0.5) is 0 Å². The summed E-state index contributed by atoms with van der Waals surface area (Å²) in [6.07, 6.45) is 0.0735. The lowest BCUT2D eigenvalue weighted by Crippen LogP contribution is -2.30. The summed E-state index contributed by atoms with van der Waals surface area (Å²) in [6, 6.07) is 11.7. The summed E-state index contributed by atoms with van der Waals surface area (Å²) in [4.78, 5) is 0. The molecule has 0 unspecified atom stereocenters. The Morgan fingerprint density at radius 1 is 1.25 bits per heavy atom. The third-order valence-corrected chi connectivity index (χ3v) is 5.03. The van der Waals surface area contributed by atoms with E-state index in [2.05, 4.69) is 5.32 Å². The van der Waals surface area contributed by atoms with E-state index >= 15 is 0 Å². The fourth-order valence-electron chi connectivity index (χ4n) is 1.79. The predicted octanol–water partition coefficient (Wildman–Crippen LogP) is 3.28. The molecular weight excluding hydrogens is 275 g/mol. The Balaban J connectivity index is 2.76. The number of nitrogens with zero attached hydrogens (tertiary/aromatic N) is 1. The minimum atomic E-state index is -3.32. The molecule has 0 aromatic heterocycles. The van der Waals surface area contributed by atoms with E-state index < -0.39 is 13.4 Å². The van der Waals surface area contributed by atoms with Gasteiger partial charge >= 0.3 is 7.60 Å². The van der Waals surface area contributed by atoms with Crippen LogP contribution in [0, 0.1) is 11.3 Å². The fraction of sp³-hybridized carbons (Fsp3) is 0.500. The maximum Gasteiger partial charge on any atom is 0.348 e. The topological polar surface area (TPSA) is 71.3 Å². The van der Waals surface area contributed by atoms with Crippen molar-refractivity contribution in [3.05, 3.63) is 35.9 Å². The number of hydrogen-bond donors (Lipinski definition) is 1. The molecule has 0 heterocycles. The fourth-order valence-corrected chi connectivity index (χ4v) is 3.57. The summed E-state index contributed by atoms with van der Waals surface area (Å²) in [7, 11) is -3.32. The highest BCUT2D eigenvalue weighted by molar-refractivity contribution is 7.54. The first-order valence-electron chi connectivity index (χ1n) is 6.69. The van der Waals surface area contributed by atoms with E-state index in [4.69, 9.17) is 14.3 Å². The van der Waals surface area contributed by atoms with Crippen LogP contribution in [-0.4, -0.2) is 19.0 Å². The lowest BCUT2D eigenvalue weighted by Gasteiger charge is -2.25. The minimum Gasteiger partial charge on any atom is -0.308 e. The second-order valence-electron chi connectivity index (χ2n) is 4.12. The van der Waals surface area contributed by atoms with Crippen molar-refractivity contribution in [1.29, 1.82) is 5.26 Å². The van der Waals surface area contributed by atoms with Gasteiger partial charge in [0.05, 0.1) is 25.7 Å². The number of hydrogen-bond acceptors (Lipinski definition) is 5. The molecule has 6 heteroatoms. The first-order chi connectivity index (χ1) is 9.66. The van der Waals surface area contributed by atoms with Gasteiger partial charge < -0.3 is 9.05 Å². The smallest absolute Gasteiger partial charge is 0.308 e. The second kappa shape index (κ2) is 8.89. The first kappa shape index (κ1) is 16.9. The molecule has 1 rings (SSSR count). The van der Waals surface area contributed by atoms with E-state index in [1.54, 1.807) is 13.8 Å². The molecule has 20 heavy (non-hydrogen) atoms. The van der Waals surface area contributed by atoms with E-state index in [0.717, 1.165) is 5.56 Å². The van der Waals surface area contributed by atoms with Crippen molar-refractivity contribution in [1.82, 2.24) is 5.32 Å². The first-order valence-corrected chi connectivity index (χ1v) is 8.30. The molecule has 0 aliphatic rings. The molecular formula is C14H21N2O3P. The van der Waals surface area contributed by atoms with E-state index in [0.29, 0.717) is 6.54 Å². The maximum absolute atomic E-state index is 12.7. The summed E-state index contributed by atoms with van der Waals surface area (Å²) in [5.41, 5.74) is 1.05. The van der Waals surface area contributed by atoms with Gasteiger partial charge in [-0.25, -0.2) is 0 Å².